The third-order valence-corrected chi connectivity index (χ3v) is 5.20. The van der Waals surface area contributed by atoms with E-state index in [1.54, 1.807) is 11.1 Å². The Balaban J connectivity index is 1.51. The molecule has 0 atom stereocenters. The van der Waals surface area contributed by atoms with Crippen LogP contribution in [0.25, 0.3) is 0 Å². The van der Waals surface area contributed by atoms with E-state index in [-0.39, 0.29) is 0 Å². The number of likely N-dealkylation sites (tertiary alicyclic amines) is 1. The normalized spacial score (nSPS) is 20.8. The van der Waals surface area contributed by atoms with Gasteiger partial charge >= 0.3 is 0 Å². The molecule has 1 heterocycles. The number of piperidine rings is 1. The zero-order valence-electron chi connectivity index (χ0n) is 13.5. The molecule has 1 aliphatic heterocycles. The summed E-state index contributed by atoms with van der Waals surface area (Å²) in [6.07, 6.45) is 8.08. The molecule has 116 valence electrons. The summed E-state index contributed by atoms with van der Waals surface area (Å²) >= 11 is 0. The lowest BCUT2D eigenvalue weighted by molar-refractivity contribution is 0.174. The molecule has 2 aliphatic rings. The predicted octanol–water partition coefficient (Wildman–Crippen LogP) is 3.60. The third-order valence-electron chi connectivity index (χ3n) is 5.20. The molecule has 1 aromatic carbocycles. The van der Waals surface area contributed by atoms with Crippen LogP contribution in [0.1, 0.15) is 50.2 Å². The minimum Gasteiger partial charge on any atom is -0.314 e. The maximum Gasteiger partial charge on any atom is 0.0236 e. The summed E-state index contributed by atoms with van der Waals surface area (Å²) in [5.41, 5.74) is 3.09. The molecule has 2 fully saturated rings. The van der Waals surface area contributed by atoms with E-state index >= 15 is 0 Å². The highest BCUT2D eigenvalue weighted by atomic mass is 15.1. The van der Waals surface area contributed by atoms with Gasteiger partial charge in [0.1, 0.15) is 0 Å². The highest BCUT2D eigenvalue weighted by Gasteiger charge is 2.20. The molecule has 0 amide bonds. The number of rotatable bonds is 7. The number of nitrogens with one attached hydrogen (secondary N) is 1. The second-order valence-electron chi connectivity index (χ2n) is 6.87. The summed E-state index contributed by atoms with van der Waals surface area (Å²) in [5.74, 6) is 0.972. The number of nitrogens with zero attached hydrogens (tertiary/aromatic N) is 1. The van der Waals surface area contributed by atoms with Gasteiger partial charge in [0.25, 0.3) is 0 Å². The third kappa shape index (κ3) is 4.55. The number of hydrogen-bond donors (Lipinski definition) is 1. The smallest absolute Gasteiger partial charge is 0.0236 e. The van der Waals surface area contributed by atoms with Gasteiger partial charge in [-0.15, -0.1) is 0 Å². The number of hydrogen-bond acceptors (Lipinski definition) is 2. The maximum atomic E-state index is 3.64. The van der Waals surface area contributed by atoms with Crippen LogP contribution in [0.15, 0.2) is 24.3 Å². The van der Waals surface area contributed by atoms with Crippen molar-refractivity contribution in [2.45, 2.75) is 58.0 Å². The first-order chi connectivity index (χ1) is 10.3. The van der Waals surface area contributed by atoms with E-state index in [2.05, 4.69) is 41.4 Å². The molecule has 1 aliphatic carbocycles. The lowest BCUT2D eigenvalue weighted by atomic mass is 9.94. The van der Waals surface area contributed by atoms with E-state index in [1.165, 1.54) is 51.6 Å². The van der Waals surface area contributed by atoms with Crippen molar-refractivity contribution in [2.75, 3.05) is 19.6 Å². The molecule has 2 nitrogen and oxygen atoms in total. The van der Waals surface area contributed by atoms with Crippen molar-refractivity contribution >= 4 is 0 Å². The van der Waals surface area contributed by atoms with Gasteiger partial charge in [0.15, 0.2) is 0 Å². The van der Waals surface area contributed by atoms with Crippen LogP contribution in [0, 0.1) is 5.92 Å². The minimum atomic E-state index is 0.824. The molecule has 0 spiro atoms. The van der Waals surface area contributed by atoms with Gasteiger partial charge in [0, 0.05) is 12.6 Å². The Morgan fingerprint density at radius 2 is 1.76 bits per heavy atom. The van der Waals surface area contributed by atoms with Crippen molar-refractivity contribution in [3.05, 3.63) is 35.4 Å². The lowest BCUT2D eigenvalue weighted by Crippen LogP contribution is -2.33. The summed E-state index contributed by atoms with van der Waals surface area (Å²) in [5, 5.41) is 3.64. The Labute approximate surface area is 129 Å². The topological polar surface area (TPSA) is 15.3 Å². The highest BCUT2D eigenvalue weighted by Crippen LogP contribution is 2.23. The summed E-state index contributed by atoms with van der Waals surface area (Å²) in [6.45, 7) is 7.19. The Hall–Kier alpha value is -0.860. The van der Waals surface area contributed by atoms with Gasteiger partial charge in [0.2, 0.25) is 0 Å². The van der Waals surface area contributed by atoms with Crippen molar-refractivity contribution in [1.82, 2.24) is 10.2 Å². The van der Waals surface area contributed by atoms with Crippen molar-refractivity contribution in [3.8, 4) is 0 Å². The molecule has 1 aromatic rings. The summed E-state index contributed by atoms with van der Waals surface area (Å²) in [7, 11) is 0. The van der Waals surface area contributed by atoms with Crippen molar-refractivity contribution < 1.29 is 0 Å². The molecule has 1 saturated heterocycles. The van der Waals surface area contributed by atoms with E-state index in [1.807, 2.05) is 0 Å². The van der Waals surface area contributed by atoms with Gasteiger partial charge in [-0.1, -0.05) is 37.6 Å². The first-order valence-electron chi connectivity index (χ1n) is 8.87. The van der Waals surface area contributed by atoms with E-state index in [4.69, 9.17) is 0 Å². The predicted molar refractivity (Wildman–Crippen MR) is 89.5 cm³/mol. The molecule has 0 aromatic heterocycles. The average Bonchev–Trinajstić information content (AvgIpc) is 3.34. The fraction of sp³-hybridized carbons (Fsp3) is 0.684. The zero-order chi connectivity index (χ0) is 14.5. The van der Waals surface area contributed by atoms with Crippen LogP contribution in [0.5, 0.6) is 0 Å². The lowest BCUT2D eigenvalue weighted by Gasteiger charge is -2.32. The largest absolute Gasteiger partial charge is 0.314 e. The standard InChI is InChI=1S/C19H30N2/c1-2-16-10-13-21(14-11-16)15-18-6-4-3-5-17(18)9-12-20-19-7-8-19/h3-6,16,19-20H,2,7-15H2,1H3. The van der Waals surface area contributed by atoms with Crippen molar-refractivity contribution in [2.24, 2.45) is 5.92 Å². The molecule has 2 heteroatoms. The summed E-state index contributed by atoms with van der Waals surface area (Å²) < 4.78 is 0. The Morgan fingerprint density at radius 1 is 1.05 bits per heavy atom. The molecular formula is C19H30N2. The first-order valence-corrected chi connectivity index (χ1v) is 8.87. The minimum absolute atomic E-state index is 0.824. The van der Waals surface area contributed by atoms with Gasteiger partial charge in [-0.3, -0.25) is 4.90 Å². The van der Waals surface area contributed by atoms with Crippen molar-refractivity contribution in [3.63, 3.8) is 0 Å². The van der Waals surface area contributed by atoms with Gasteiger partial charge in [-0.25, -0.2) is 0 Å². The summed E-state index contributed by atoms with van der Waals surface area (Å²) in [6, 6.07) is 9.87. The van der Waals surface area contributed by atoms with Gasteiger partial charge in [-0.05, 0) is 68.8 Å². The first kappa shape index (κ1) is 15.1. The molecule has 0 bridgehead atoms. The van der Waals surface area contributed by atoms with E-state index in [0.717, 1.165) is 25.0 Å². The molecule has 0 radical (unpaired) electrons. The average molecular weight is 286 g/mol. The quantitative estimate of drug-likeness (QED) is 0.824. The molecule has 0 unspecified atom stereocenters. The van der Waals surface area contributed by atoms with Crippen LogP contribution in [0.3, 0.4) is 0 Å². The molecule has 1 saturated carbocycles. The van der Waals surface area contributed by atoms with Crippen LogP contribution in [-0.2, 0) is 13.0 Å². The van der Waals surface area contributed by atoms with Crippen LogP contribution in [0.2, 0.25) is 0 Å². The highest BCUT2D eigenvalue weighted by molar-refractivity contribution is 5.27. The molecule has 3 rings (SSSR count). The monoisotopic (exact) mass is 286 g/mol. The Bertz CT molecular complexity index is 431. The number of benzene rings is 1. The van der Waals surface area contributed by atoms with Gasteiger partial charge < -0.3 is 5.32 Å². The molecule has 21 heavy (non-hydrogen) atoms. The van der Waals surface area contributed by atoms with Crippen LogP contribution in [0.4, 0.5) is 0 Å². The SMILES string of the molecule is CCC1CCN(Cc2ccccc2CCNC2CC2)CC1. The van der Waals surface area contributed by atoms with Gasteiger partial charge in [-0.2, -0.15) is 0 Å². The van der Waals surface area contributed by atoms with Gasteiger partial charge in [0.05, 0.1) is 0 Å². The molecule has 1 N–H and O–H groups in total. The fourth-order valence-corrected chi connectivity index (χ4v) is 3.45. The van der Waals surface area contributed by atoms with E-state index in [9.17, 15) is 0 Å². The second-order valence-corrected chi connectivity index (χ2v) is 6.87. The second kappa shape index (κ2) is 7.42. The van der Waals surface area contributed by atoms with E-state index < -0.39 is 0 Å². The molecular weight excluding hydrogens is 256 g/mol. The summed E-state index contributed by atoms with van der Waals surface area (Å²) in [4.78, 5) is 2.65. The van der Waals surface area contributed by atoms with Crippen LogP contribution >= 0.6 is 0 Å². The Morgan fingerprint density at radius 3 is 2.43 bits per heavy atom. The fourth-order valence-electron chi connectivity index (χ4n) is 3.45. The van der Waals surface area contributed by atoms with E-state index in [0.29, 0.717) is 0 Å². The maximum absolute atomic E-state index is 3.64. The van der Waals surface area contributed by atoms with Crippen molar-refractivity contribution in [1.29, 1.82) is 0 Å². The van der Waals surface area contributed by atoms with Crippen LogP contribution in [-0.4, -0.2) is 30.6 Å². The van der Waals surface area contributed by atoms with Crippen LogP contribution < -0.4 is 5.32 Å². The Kier molecular flexibility index (Phi) is 5.32. The zero-order valence-corrected chi connectivity index (χ0v) is 13.5.